The van der Waals surface area contributed by atoms with Crippen molar-refractivity contribution in [3.05, 3.63) is 29.3 Å². The Balaban J connectivity index is 2.81. The van der Waals surface area contributed by atoms with Gasteiger partial charge in [-0.1, -0.05) is 0 Å². The summed E-state index contributed by atoms with van der Waals surface area (Å²) in [5, 5.41) is 2.52. The van der Waals surface area contributed by atoms with Crippen LogP contribution in [0.15, 0.2) is 18.2 Å². The molecule has 114 valence electrons. The minimum atomic E-state index is -1.40. The summed E-state index contributed by atoms with van der Waals surface area (Å²) >= 11 is 0. The van der Waals surface area contributed by atoms with E-state index in [2.05, 4.69) is 14.8 Å². The molecule has 0 aliphatic carbocycles. The summed E-state index contributed by atoms with van der Waals surface area (Å²) in [6.45, 7) is 3.48. The Morgan fingerprint density at radius 3 is 2.52 bits per heavy atom. The smallest absolute Gasteiger partial charge is 0.337 e. The van der Waals surface area contributed by atoms with Gasteiger partial charge in [-0.05, 0) is 37.6 Å². The molecule has 0 radical (unpaired) electrons. The summed E-state index contributed by atoms with van der Waals surface area (Å²) in [4.78, 5) is 34.6. The molecule has 0 aromatic heterocycles. The molecule has 7 nitrogen and oxygen atoms in total. The molecule has 0 saturated carbocycles. The molecule has 0 heterocycles. The summed E-state index contributed by atoms with van der Waals surface area (Å²) in [7, 11) is 1.28. The first-order chi connectivity index (χ1) is 9.90. The van der Waals surface area contributed by atoms with Crippen molar-refractivity contribution in [2.75, 3.05) is 19.0 Å². The van der Waals surface area contributed by atoms with Crippen LogP contribution in [-0.2, 0) is 19.1 Å². The number of nitrogens with one attached hydrogen (secondary N) is 1. The van der Waals surface area contributed by atoms with Gasteiger partial charge in [0.2, 0.25) is 0 Å². The van der Waals surface area contributed by atoms with Crippen LogP contribution in [0.25, 0.3) is 0 Å². The predicted octanol–water partition coefficient (Wildman–Crippen LogP) is 0.611. The molecule has 0 aliphatic heterocycles. The van der Waals surface area contributed by atoms with Gasteiger partial charge in [-0.3, -0.25) is 4.79 Å². The van der Waals surface area contributed by atoms with Gasteiger partial charge in [0.15, 0.2) is 6.04 Å². The van der Waals surface area contributed by atoms with E-state index in [0.29, 0.717) is 16.8 Å². The summed E-state index contributed by atoms with van der Waals surface area (Å²) in [5.41, 5.74) is 6.94. The number of ether oxygens (including phenoxy) is 2. The number of methoxy groups -OCH3 is 1. The van der Waals surface area contributed by atoms with Gasteiger partial charge in [0, 0.05) is 5.69 Å². The molecule has 0 fully saturated rings. The number of hydrogen-bond donors (Lipinski definition) is 2. The molecule has 3 N–H and O–H groups in total. The van der Waals surface area contributed by atoms with Gasteiger partial charge in [0.1, 0.15) is 0 Å². The fourth-order valence-corrected chi connectivity index (χ4v) is 1.60. The summed E-state index contributed by atoms with van der Waals surface area (Å²) in [6.07, 6.45) is 0. The zero-order valence-corrected chi connectivity index (χ0v) is 12.1. The van der Waals surface area contributed by atoms with Gasteiger partial charge in [-0.2, -0.15) is 0 Å². The standard InChI is InChI=1S/C14H18N2O5/c1-4-21-14(19)11(15)12(17)16-10-6-5-9(7-8(10)2)13(18)20-3/h5-7,11H,4,15H2,1-3H3,(H,16,17). The van der Waals surface area contributed by atoms with Gasteiger partial charge in [0.25, 0.3) is 5.91 Å². The highest BCUT2D eigenvalue weighted by Gasteiger charge is 2.23. The van der Waals surface area contributed by atoms with Crippen LogP contribution >= 0.6 is 0 Å². The molecule has 0 spiro atoms. The van der Waals surface area contributed by atoms with E-state index in [9.17, 15) is 14.4 Å². The minimum Gasteiger partial charge on any atom is -0.465 e. The van der Waals surface area contributed by atoms with Crippen molar-refractivity contribution in [3.8, 4) is 0 Å². The maximum absolute atomic E-state index is 11.8. The Labute approximate surface area is 122 Å². The van der Waals surface area contributed by atoms with E-state index in [1.54, 1.807) is 19.9 Å². The Morgan fingerprint density at radius 1 is 1.33 bits per heavy atom. The molecular weight excluding hydrogens is 276 g/mol. The topological polar surface area (TPSA) is 108 Å². The number of carbonyl (C=O) groups excluding carboxylic acids is 3. The summed E-state index contributed by atoms with van der Waals surface area (Å²) < 4.78 is 9.27. The number of anilines is 1. The zero-order chi connectivity index (χ0) is 16.0. The fraction of sp³-hybridized carbons (Fsp3) is 0.357. The molecule has 1 aromatic rings. The fourth-order valence-electron chi connectivity index (χ4n) is 1.60. The third-order valence-electron chi connectivity index (χ3n) is 2.73. The molecular formula is C14H18N2O5. The van der Waals surface area contributed by atoms with Crippen molar-refractivity contribution >= 4 is 23.5 Å². The molecule has 0 bridgehead atoms. The van der Waals surface area contributed by atoms with Crippen LogP contribution in [0.1, 0.15) is 22.8 Å². The monoisotopic (exact) mass is 294 g/mol. The number of benzene rings is 1. The second kappa shape index (κ2) is 7.39. The molecule has 0 aliphatic rings. The lowest BCUT2D eigenvalue weighted by molar-refractivity contribution is -0.146. The van der Waals surface area contributed by atoms with E-state index in [4.69, 9.17) is 5.73 Å². The third kappa shape index (κ3) is 4.28. The first-order valence-corrected chi connectivity index (χ1v) is 6.32. The Hall–Kier alpha value is -2.41. The van der Waals surface area contributed by atoms with Gasteiger partial charge < -0.3 is 20.5 Å². The Morgan fingerprint density at radius 2 is 2.00 bits per heavy atom. The second-order valence-corrected chi connectivity index (χ2v) is 4.24. The number of hydrogen-bond acceptors (Lipinski definition) is 6. The van der Waals surface area contributed by atoms with Crippen LogP contribution in [0.3, 0.4) is 0 Å². The molecule has 1 rings (SSSR count). The number of amides is 1. The van der Waals surface area contributed by atoms with Crippen molar-refractivity contribution in [2.24, 2.45) is 5.73 Å². The molecule has 1 amide bonds. The van der Waals surface area contributed by atoms with E-state index < -0.39 is 23.9 Å². The first-order valence-electron chi connectivity index (χ1n) is 6.32. The van der Waals surface area contributed by atoms with E-state index in [-0.39, 0.29) is 6.61 Å². The molecule has 7 heteroatoms. The van der Waals surface area contributed by atoms with Gasteiger partial charge in [0.05, 0.1) is 19.3 Å². The SMILES string of the molecule is CCOC(=O)C(N)C(=O)Nc1ccc(C(=O)OC)cc1C. The first kappa shape index (κ1) is 16.6. The lowest BCUT2D eigenvalue weighted by Gasteiger charge is -2.13. The van der Waals surface area contributed by atoms with E-state index in [1.165, 1.54) is 19.2 Å². The lowest BCUT2D eigenvalue weighted by Crippen LogP contribution is -2.43. The van der Waals surface area contributed by atoms with Gasteiger partial charge in [-0.25, -0.2) is 9.59 Å². The molecule has 21 heavy (non-hydrogen) atoms. The van der Waals surface area contributed by atoms with Crippen LogP contribution in [0.4, 0.5) is 5.69 Å². The molecule has 1 aromatic carbocycles. The maximum atomic E-state index is 11.8. The van der Waals surface area contributed by atoms with E-state index in [0.717, 1.165) is 0 Å². The van der Waals surface area contributed by atoms with E-state index in [1.807, 2.05) is 0 Å². The maximum Gasteiger partial charge on any atom is 0.337 e. The van der Waals surface area contributed by atoms with E-state index >= 15 is 0 Å². The van der Waals surface area contributed by atoms with Crippen LogP contribution in [0, 0.1) is 6.92 Å². The van der Waals surface area contributed by atoms with Crippen LogP contribution in [0.2, 0.25) is 0 Å². The Bertz CT molecular complexity index is 556. The number of esters is 2. The second-order valence-electron chi connectivity index (χ2n) is 4.24. The quantitative estimate of drug-likeness (QED) is 0.608. The predicted molar refractivity (Wildman–Crippen MR) is 75.8 cm³/mol. The normalized spacial score (nSPS) is 11.4. The highest BCUT2D eigenvalue weighted by Crippen LogP contribution is 2.17. The average Bonchev–Trinajstić information content (AvgIpc) is 2.47. The van der Waals surface area contributed by atoms with Crippen LogP contribution in [0.5, 0.6) is 0 Å². The molecule has 1 unspecified atom stereocenters. The third-order valence-corrected chi connectivity index (χ3v) is 2.73. The van der Waals surface area contributed by atoms with Crippen LogP contribution < -0.4 is 11.1 Å². The number of carbonyl (C=O) groups is 3. The molecule has 0 saturated heterocycles. The minimum absolute atomic E-state index is 0.146. The van der Waals surface area contributed by atoms with Gasteiger partial charge in [-0.15, -0.1) is 0 Å². The number of nitrogens with two attached hydrogens (primary N) is 1. The summed E-state index contributed by atoms with van der Waals surface area (Å²) in [5.74, 6) is -1.94. The average molecular weight is 294 g/mol. The zero-order valence-electron chi connectivity index (χ0n) is 12.1. The Kier molecular flexibility index (Phi) is 5.86. The highest BCUT2D eigenvalue weighted by molar-refractivity contribution is 6.08. The van der Waals surface area contributed by atoms with Gasteiger partial charge >= 0.3 is 11.9 Å². The number of aryl methyl sites for hydroxylation is 1. The summed E-state index contributed by atoms with van der Waals surface area (Å²) in [6, 6.07) is 3.21. The largest absolute Gasteiger partial charge is 0.465 e. The lowest BCUT2D eigenvalue weighted by atomic mass is 10.1. The van der Waals surface area contributed by atoms with Crippen molar-refractivity contribution < 1.29 is 23.9 Å². The van der Waals surface area contributed by atoms with Crippen molar-refractivity contribution in [2.45, 2.75) is 19.9 Å². The molecule has 1 atom stereocenters. The highest BCUT2D eigenvalue weighted by atomic mass is 16.5. The van der Waals surface area contributed by atoms with Crippen molar-refractivity contribution in [1.82, 2.24) is 0 Å². The number of rotatable bonds is 5. The van der Waals surface area contributed by atoms with Crippen molar-refractivity contribution in [3.63, 3.8) is 0 Å². The van der Waals surface area contributed by atoms with Crippen molar-refractivity contribution in [1.29, 1.82) is 0 Å². The van der Waals surface area contributed by atoms with Crippen LogP contribution in [-0.4, -0.2) is 37.6 Å².